The number of aryl methyl sites for hydroxylation is 1. The number of carbonyl (C=O) groups excluding carboxylic acids is 1. The first-order valence-corrected chi connectivity index (χ1v) is 3.99. The van der Waals surface area contributed by atoms with Crippen LogP contribution in [0.15, 0.2) is 12.4 Å². The third-order valence-corrected chi connectivity index (χ3v) is 1.71. The number of rotatable bonds is 3. The lowest BCUT2D eigenvalue weighted by Crippen LogP contribution is -2.05. The van der Waals surface area contributed by atoms with Gasteiger partial charge in [-0.1, -0.05) is 0 Å². The quantitative estimate of drug-likeness (QED) is 0.599. The summed E-state index contributed by atoms with van der Waals surface area (Å²) < 4.78 is 1.66. The van der Waals surface area contributed by atoms with Crippen molar-refractivity contribution in [3.8, 4) is 0 Å². The number of hydrogen-bond acceptors (Lipinski definition) is 5. The normalized spacial score (nSPS) is 10.4. The van der Waals surface area contributed by atoms with Crippen LogP contribution in [0.5, 0.6) is 0 Å². The molecule has 0 saturated heterocycles. The van der Waals surface area contributed by atoms with E-state index < -0.39 is 0 Å². The monoisotopic (exact) mass is 192 g/mol. The van der Waals surface area contributed by atoms with Crippen LogP contribution < -0.4 is 0 Å². The number of imidazole rings is 1. The van der Waals surface area contributed by atoms with Crippen LogP contribution >= 0.6 is 0 Å². The molecule has 2 aromatic heterocycles. The summed E-state index contributed by atoms with van der Waals surface area (Å²) in [4.78, 5) is 15.8. The second kappa shape index (κ2) is 3.36. The largest absolute Gasteiger partial charge is 0.321 e. The first-order chi connectivity index (χ1) is 6.79. The van der Waals surface area contributed by atoms with Gasteiger partial charge in [0.1, 0.15) is 0 Å². The Morgan fingerprint density at radius 3 is 3.07 bits per heavy atom. The molecule has 0 amide bonds. The highest BCUT2D eigenvalue weighted by atomic mass is 16.1. The van der Waals surface area contributed by atoms with Gasteiger partial charge in [0.25, 0.3) is 0 Å². The van der Waals surface area contributed by atoms with Crippen LogP contribution in [0.25, 0.3) is 0 Å². The van der Waals surface area contributed by atoms with Crippen molar-refractivity contribution >= 4 is 6.29 Å². The summed E-state index contributed by atoms with van der Waals surface area (Å²) in [5, 5.41) is 11.5. The number of aldehydes is 1. The Hall–Kier alpha value is -2.05. The molecule has 0 N–H and O–H groups in total. The van der Waals surface area contributed by atoms with E-state index in [1.54, 1.807) is 24.0 Å². The van der Waals surface area contributed by atoms with E-state index in [2.05, 4.69) is 20.4 Å². The Bertz CT molecular complexity index is 444. The summed E-state index contributed by atoms with van der Waals surface area (Å²) in [5.41, 5.74) is 0. The van der Waals surface area contributed by atoms with Crippen molar-refractivity contribution in [2.24, 2.45) is 7.05 Å². The van der Waals surface area contributed by atoms with Crippen molar-refractivity contribution in [2.45, 2.75) is 6.54 Å². The molecule has 72 valence electrons. The Morgan fingerprint density at radius 2 is 2.43 bits per heavy atom. The fourth-order valence-electron chi connectivity index (χ4n) is 1.11. The molecular formula is C7H8N6O. The highest BCUT2D eigenvalue weighted by molar-refractivity contribution is 5.69. The van der Waals surface area contributed by atoms with Crippen LogP contribution in [-0.4, -0.2) is 36.0 Å². The molecule has 0 radical (unpaired) electrons. The molecule has 0 atom stereocenters. The molecule has 0 aliphatic rings. The molecule has 0 unspecified atom stereocenters. The summed E-state index contributed by atoms with van der Waals surface area (Å²) in [6.45, 7) is 0.405. The number of tetrazole rings is 1. The Labute approximate surface area is 79.4 Å². The van der Waals surface area contributed by atoms with E-state index in [0.717, 1.165) is 0 Å². The lowest BCUT2D eigenvalue weighted by Gasteiger charge is -1.97. The van der Waals surface area contributed by atoms with Crippen molar-refractivity contribution in [3.05, 3.63) is 24.0 Å². The van der Waals surface area contributed by atoms with Gasteiger partial charge in [-0.05, 0) is 5.21 Å². The number of hydrogen-bond donors (Lipinski definition) is 0. The predicted octanol–water partition coefficient (Wildman–Crippen LogP) is -0.733. The lowest BCUT2D eigenvalue weighted by molar-refractivity contribution is 0.111. The first kappa shape index (κ1) is 8.54. The molecule has 2 aromatic rings. The van der Waals surface area contributed by atoms with Gasteiger partial charge in [-0.25, -0.2) is 4.98 Å². The molecule has 0 aliphatic carbocycles. The Balaban J connectivity index is 2.22. The average molecular weight is 192 g/mol. The summed E-state index contributed by atoms with van der Waals surface area (Å²) in [7, 11) is 1.69. The fourth-order valence-corrected chi connectivity index (χ4v) is 1.11. The van der Waals surface area contributed by atoms with Crippen molar-refractivity contribution in [1.29, 1.82) is 0 Å². The van der Waals surface area contributed by atoms with Crippen molar-refractivity contribution < 1.29 is 4.79 Å². The van der Waals surface area contributed by atoms with Gasteiger partial charge in [0.2, 0.25) is 0 Å². The molecule has 0 spiro atoms. The standard InChI is InChI=1S/C7H8N6O/c1-12-10-6(9-11-12)4-13-3-2-8-7(13)5-14/h2-3,5H,4H2,1H3. The molecule has 0 aromatic carbocycles. The Morgan fingerprint density at radius 1 is 1.57 bits per heavy atom. The molecule has 0 aliphatic heterocycles. The van der Waals surface area contributed by atoms with Gasteiger partial charge in [0.05, 0.1) is 13.6 Å². The van der Waals surface area contributed by atoms with E-state index >= 15 is 0 Å². The molecule has 0 fully saturated rings. The molecule has 2 heterocycles. The van der Waals surface area contributed by atoms with Gasteiger partial charge in [0.15, 0.2) is 17.9 Å². The maximum atomic E-state index is 10.5. The van der Waals surface area contributed by atoms with Crippen LogP contribution in [0.4, 0.5) is 0 Å². The zero-order chi connectivity index (χ0) is 9.97. The van der Waals surface area contributed by atoms with Gasteiger partial charge >= 0.3 is 0 Å². The van der Waals surface area contributed by atoms with E-state index in [-0.39, 0.29) is 0 Å². The summed E-state index contributed by atoms with van der Waals surface area (Å²) >= 11 is 0. The van der Waals surface area contributed by atoms with Crippen LogP contribution in [0, 0.1) is 0 Å². The fraction of sp³-hybridized carbons (Fsp3) is 0.286. The van der Waals surface area contributed by atoms with E-state index in [1.165, 1.54) is 4.80 Å². The van der Waals surface area contributed by atoms with Crippen molar-refractivity contribution in [1.82, 2.24) is 29.8 Å². The maximum Gasteiger partial charge on any atom is 0.194 e. The van der Waals surface area contributed by atoms with Crippen LogP contribution in [0.2, 0.25) is 0 Å². The molecule has 2 rings (SSSR count). The molecule has 7 nitrogen and oxygen atoms in total. The minimum Gasteiger partial charge on any atom is -0.321 e. The highest BCUT2D eigenvalue weighted by Crippen LogP contribution is 1.97. The van der Waals surface area contributed by atoms with E-state index in [0.29, 0.717) is 24.5 Å². The lowest BCUT2D eigenvalue weighted by atomic mass is 10.5. The van der Waals surface area contributed by atoms with E-state index in [1.807, 2.05) is 0 Å². The summed E-state index contributed by atoms with van der Waals surface area (Å²) in [5.74, 6) is 0.908. The first-order valence-electron chi connectivity index (χ1n) is 3.99. The second-order valence-electron chi connectivity index (χ2n) is 2.73. The van der Waals surface area contributed by atoms with Crippen LogP contribution in [-0.2, 0) is 13.6 Å². The van der Waals surface area contributed by atoms with Gasteiger partial charge < -0.3 is 4.57 Å². The van der Waals surface area contributed by atoms with Crippen LogP contribution in [0.3, 0.4) is 0 Å². The van der Waals surface area contributed by atoms with Gasteiger partial charge in [-0.2, -0.15) is 4.80 Å². The van der Waals surface area contributed by atoms with E-state index in [4.69, 9.17) is 0 Å². The Kier molecular flexibility index (Phi) is 2.05. The number of aromatic nitrogens is 6. The number of carbonyl (C=O) groups is 1. The molecular weight excluding hydrogens is 184 g/mol. The molecule has 14 heavy (non-hydrogen) atoms. The maximum absolute atomic E-state index is 10.5. The molecule has 0 bridgehead atoms. The summed E-state index contributed by atoms with van der Waals surface area (Å²) in [6, 6.07) is 0. The SMILES string of the molecule is Cn1nnc(Cn2ccnc2C=O)n1. The van der Waals surface area contributed by atoms with Crippen LogP contribution in [0.1, 0.15) is 16.4 Å². The summed E-state index contributed by atoms with van der Waals surface area (Å²) in [6.07, 6.45) is 3.94. The molecule has 0 saturated carbocycles. The van der Waals surface area contributed by atoms with Crippen molar-refractivity contribution in [2.75, 3.05) is 0 Å². The second-order valence-corrected chi connectivity index (χ2v) is 2.73. The third-order valence-electron chi connectivity index (χ3n) is 1.71. The number of nitrogens with zero attached hydrogens (tertiary/aromatic N) is 6. The average Bonchev–Trinajstić information content (AvgIpc) is 2.76. The molecule has 7 heteroatoms. The van der Waals surface area contributed by atoms with E-state index in [9.17, 15) is 4.79 Å². The zero-order valence-electron chi connectivity index (χ0n) is 7.53. The van der Waals surface area contributed by atoms with Gasteiger partial charge in [-0.3, -0.25) is 4.79 Å². The third kappa shape index (κ3) is 1.51. The highest BCUT2D eigenvalue weighted by Gasteiger charge is 2.05. The van der Waals surface area contributed by atoms with Crippen molar-refractivity contribution in [3.63, 3.8) is 0 Å². The topological polar surface area (TPSA) is 78.5 Å². The van der Waals surface area contributed by atoms with Gasteiger partial charge in [0, 0.05) is 12.4 Å². The minimum absolute atomic E-state index is 0.359. The smallest absolute Gasteiger partial charge is 0.194 e. The zero-order valence-corrected chi connectivity index (χ0v) is 7.53. The minimum atomic E-state index is 0.359. The predicted molar refractivity (Wildman–Crippen MR) is 45.5 cm³/mol. The van der Waals surface area contributed by atoms with Gasteiger partial charge in [-0.15, -0.1) is 10.2 Å².